The van der Waals surface area contributed by atoms with Gasteiger partial charge in [0.2, 0.25) is 0 Å². The maximum absolute atomic E-state index is 11.8. The SMILES string of the molecule is O=c1c(Br)cc(Br)cn1[C@H]1CCC[C@@H]1O. The molecule has 1 aromatic rings. The van der Waals surface area contributed by atoms with E-state index in [1.165, 1.54) is 0 Å². The van der Waals surface area contributed by atoms with E-state index in [0.717, 1.165) is 23.7 Å². The largest absolute Gasteiger partial charge is 0.391 e. The van der Waals surface area contributed by atoms with E-state index in [2.05, 4.69) is 31.9 Å². The highest BCUT2D eigenvalue weighted by Gasteiger charge is 2.27. The summed E-state index contributed by atoms with van der Waals surface area (Å²) in [5, 5.41) is 9.76. The van der Waals surface area contributed by atoms with Gasteiger partial charge in [-0.25, -0.2) is 0 Å². The summed E-state index contributed by atoms with van der Waals surface area (Å²) >= 11 is 6.56. The molecule has 0 radical (unpaired) electrons. The average Bonchev–Trinajstić information content (AvgIpc) is 2.58. The molecule has 0 bridgehead atoms. The maximum Gasteiger partial charge on any atom is 0.265 e. The molecule has 3 nitrogen and oxygen atoms in total. The second-order valence-corrected chi connectivity index (χ2v) is 5.55. The van der Waals surface area contributed by atoms with Crippen LogP contribution in [0.1, 0.15) is 25.3 Å². The first-order chi connectivity index (χ1) is 7.09. The van der Waals surface area contributed by atoms with E-state index in [0.29, 0.717) is 4.47 Å². The van der Waals surface area contributed by atoms with Gasteiger partial charge in [0.25, 0.3) is 5.56 Å². The predicted molar refractivity (Wildman–Crippen MR) is 65.0 cm³/mol. The topological polar surface area (TPSA) is 42.2 Å². The minimum atomic E-state index is -0.399. The van der Waals surface area contributed by atoms with Crippen molar-refractivity contribution in [1.82, 2.24) is 4.57 Å². The molecule has 0 spiro atoms. The fraction of sp³-hybridized carbons (Fsp3) is 0.500. The molecule has 1 aliphatic rings. The van der Waals surface area contributed by atoms with Crippen molar-refractivity contribution in [3.05, 3.63) is 31.6 Å². The molecule has 1 aliphatic carbocycles. The normalized spacial score (nSPS) is 25.8. The summed E-state index contributed by atoms with van der Waals surface area (Å²) in [4.78, 5) is 11.8. The van der Waals surface area contributed by atoms with Gasteiger partial charge < -0.3 is 9.67 Å². The zero-order valence-electron chi connectivity index (χ0n) is 7.99. The van der Waals surface area contributed by atoms with Gasteiger partial charge in [-0.1, -0.05) is 0 Å². The van der Waals surface area contributed by atoms with Crippen LogP contribution in [-0.4, -0.2) is 15.8 Å². The minimum absolute atomic E-state index is 0.0775. The molecule has 2 atom stereocenters. The summed E-state index contributed by atoms with van der Waals surface area (Å²) in [5.74, 6) is 0. The van der Waals surface area contributed by atoms with Crippen LogP contribution < -0.4 is 5.56 Å². The standard InChI is InChI=1S/C10H11Br2NO2/c11-6-4-7(12)10(15)13(5-6)8-2-1-3-9(8)14/h4-5,8-9,14H,1-3H2/t8-,9-/m0/s1. The molecule has 15 heavy (non-hydrogen) atoms. The Bertz CT molecular complexity index is 430. The summed E-state index contributed by atoms with van der Waals surface area (Å²) in [6.07, 6.45) is 3.96. The van der Waals surface area contributed by atoms with Crippen LogP contribution in [0.5, 0.6) is 0 Å². The fourth-order valence-electron chi connectivity index (χ4n) is 2.03. The number of rotatable bonds is 1. The van der Waals surface area contributed by atoms with Crippen LogP contribution in [0.4, 0.5) is 0 Å². The molecule has 1 saturated carbocycles. The van der Waals surface area contributed by atoms with E-state index in [9.17, 15) is 9.90 Å². The highest BCUT2D eigenvalue weighted by Crippen LogP contribution is 2.30. The van der Waals surface area contributed by atoms with Gasteiger partial charge >= 0.3 is 0 Å². The molecule has 2 rings (SSSR count). The molecule has 0 saturated heterocycles. The summed E-state index contributed by atoms with van der Waals surface area (Å²) in [7, 11) is 0. The second kappa shape index (κ2) is 4.39. The van der Waals surface area contributed by atoms with Crippen LogP contribution in [0.3, 0.4) is 0 Å². The molecule has 1 heterocycles. The maximum atomic E-state index is 11.8. The van der Waals surface area contributed by atoms with Gasteiger partial charge in [-0.05, 0) is 57.2 Å². The van der Waals surface area contributed by atoms with E-state index in [-0.39, 0.29) is 11.6 Å². The van der Waals surface area contributed by atoms with E-state index in [1.54, 1.807) is 16.8 Å². The van der Waals surface area contributed by atoms with Crippen LogP contribution in [0.2, 0.25) is 0 Å². The van der Waals surface area contributed by atoms with Gasteiger partial charge in [0.15, 0.2) is 0 Å². The molecule has 1 fully saturated rings. The van der Waals surface area contributed by atoms with Crippen molar-refractivity contribution in [3.63, 3.8) is 0 Å². The zero-order chi connectivity index (χ0) is 11.0. The van der Waals surface area contributed by atoms with Gasteiger partial charge in [0, 0.05) is 10.7 Å². The lowest BCUT2D eigenvalue weighted by atomic mass is 10.2. The van der Waals surface area contributed by atoms with Crippen molar-refractivity contribution >= 4 is 31.9 Å². The molecular formula is C10H11Br2NO2. The fourth-order valence-corrected chi connectivity index (χ4v) is 3.23. The lowest BCUT2D eigenvalue weighted by Gasteiger charge is -2.18. The second-order valence-electron chi connectivity index (χ2n) is 3.78. The third kappa shape index (κ3) is 2.19. The molecule has 0 unspecified atom stereocenters. The lowest BCUT2D eigenvalue weighted by Crippen LogP contribution is -2.29. The van der Waals surface area contributed by atoms with Gasteiger partial charge in [-0.15, -0.1) is 0 Å². The van der Waals surface area contributed by atoms with Gasteiger partial charge in [-0.2, -0.15) is 0 Å². The Hall–Kier alpha value is -0.130. The van der Waals surface area contributed by atoms with Gasteiger partial charge in [0.1, 0.15) is 0 Å². The van der Waals surface area contributed by atoms with Crippen LogP contribution in [0.25, 0.3) is 0 Å². The van der Waals surface area contributed by atoms with Crippen molar-refractivity contribution in [3.8, 4) is 0 Å². The molecule has 0 amide bonds. The first kappa shape index (κ1) is 11.4. The van der Waals surface area contributed by atoms with Crippen LogP contribution >= 0.6 is 31.9 Å². The number of halogens is 2. The molecule has 82 valence electrons. The highest BCUT2D eigenvalue weighted by molar-refractivity contribution is 9.11. The first-order valence-electron chi connectivity index (χ1n) is 4.85. The van der Waals surface area contributed by atoms with Crippen molar-refractivity contribution in [2.24, 2.45) is 0 Å². The molecule has 0 aromatic carbocycles. The number of hydrogen-bond acceptors (Lipinski definition) is 2. The highest BCUT2D eigenvalue weighted by atomic mass is 79.9. The minimum Gasteiger partial charge on any atom is -0.391 e. The van der Waals surface area contributed by atoms with Crippen molar-refractivity contribution in [1.29, 1.82) is 0 Å². The first-order valence-corrected chi connectivity index (χ1v) is 6.43. The van der Waals surface area contributed by atoms with Gasteiger partial charge in [-0.3, -0.25) is 4.79 Å². The number of hydrogen-bond donors (Lipinski definition) is 1. The Morgan fingerprint density at radius 2 is 2.13 bits per heavy atom. The number of nitrogens with zero attached hydrogens (tertiary/aromatic N) is 1. The summed E-state index contributed by atoms with van der Waals surface area (Å²) in [5.41, 5.74) is -0.0795. The van der Waals surface area contributed by atoms with Crippen LogP contribution in [-0.2, 0) is 0 Å². The Balaban J connectivity index is 2.47. The predicted octanol–water partition coefficient (Wildman–Crippen LogP) is 2.46. The Labute approximate surface area is 104 Å². The summed E-state index contributed by atoms with van der Waals surface area (Å²) < 4.78 is 2.98. The summed E-state index contributed by atoms with van der Waals surface area (Å²) in [6, 6.07) is 1.64. The lowest BCUT2D eigenvalue weighted by molar-refractivity contribution is 0.134. The zero-order valence-corrected chi connectivity index (χ0v) is 11.2. The Kier molecular flexibility index (Phi) is 3.33. The number of aromatic nitrogens is 1. The average molecular weight is 337 g/mol. The molecule has 1 aromatic heterocycles. The monoisotopic (exact) mass is 335 g/mol. The van der Waals surface area contributed by atoms with Crippen molar-refractivity contribution in [2.75, 3.05) is 0 Å². The van der Waals surface area contributed by atoms with Crippen molar-refractivity contribution < 1.29 is 5.11 Å². The Morgan fingerprint density at radius 3 is 2.73 bits per heavy atom. The third-order valence-electron chi connectivity index (χ3n) is 2.77. The summed E-state index contributed by atoms with van der Waals surface area (Å²) in [6.45, 7) is 0. The van der Waals surface area contributed by atoms with E-state index in [4.69, 9.17) is 0 Å². The quantitative estimate of drug-likeness (QED) is 0.856. The van der Waals surface area contributed by atoms with E-state index >= 15 is 0 Å². The van der Waals surface area contributed by atoms with Gasteiger partial charge in [0.05, 0.1) is 16.6 Å². The Morgan fingerprint density at radius 1 is 1.40 bits per heavy atom. The third-order valence-corrected chi connectivity index (χ3v) is 3.77. The van der Waals surface area contributed by atoms with Crippen molar-refractivity contribution in [2.45, 2.75) is 31.4 Å². The number of aliphatic hydroxyl groups is 1. The number of aliphatic hydroxyl groups excluding tert-OH is 1. The molecular weight excluding hydrogens is 326 g/mol. The molecule has 5 heteroatoms. The van der Waals surface area contributed by atoms with E-state index < -0.39 is 6.10 Å². The van der Waals surface area contributed by atoms with Crippen LogP contribution in [0.15, 0.2) is 26.0 Å². The number of pyridine rings is 1. The van der Waals surface area contributed by atoms with E-state index in [1.807, 2.05) is 0 Å². The smallest absolute Gasteiger partial charge is 0.265 e. The molecule has 0 aliphatic heterocycles. The molecule has 1 N–H and O–H groups in total. The van der Waals surface area contributed by atoms with Crippen LogP contribution in [0, 0.1) is 0 Å².